The van der Waals surface area contributed by atoms with Crippen LogP contribution in [0.4, 0.5) is 11.4 Å². The third-order valence-corrected chi connectivity index (χ3v) is 3.74. The van der Waals surface area contributed by atoms with Crippen molar-refractivity contribution in [2.75, 3.05) is 5.01 Å². The Morgan fingerprint density at radius 3 is 2.00 bits per heavy atom. The average molecular weight is 293 g/mol. The Bertz CT molecular complexity index is 681. The highest BCUT2D eigenvalue weighted by Crippen LogP contribution is 2.25. The number of para-hydroxylation sites is 2. The molecule has 0 saturated heterocycles. The lowest BCUT2D eigenvalue weighted by molar-refractivity contribution is 1.09. The Morgan fingerprint density at radius 1 is 0.952 bits per heavy atom. The second-order valence-electron chi connectivity index (χ2n) is 4.52. The molecule has 1 aromatic heterocycles. The zero-order valence-corrected chi connectivity index (χ0v) is 12.5. The van der Waals surface area contributed by atoms with Gasteiger partial charge < -0.3 is 0 Å². The van der Waals surface area contributed by atoms with Crippen molar-refractivity contribution < 1.29 is 0 Å². The maximum Gasteiger partial charge on any atom is 0.0942 e. The average Bonchev–Trinajstić information content (AvgIpc) is 2.95. The van der Waals surface area contributed by atoms with Gasteiger partial charge in [-0.3, -0.25) is 0 Å². The van der Waals surface area contributed by atoms with Gasteiger partial charge in [0.15, 0.2) is 0 Å². The minimum Gasteiger partial charge on any atom is -0.240 e. The van der Waals surface area contributed by atoms with E-state index in [0.29, 0.717) is 0 Å². The molecular weight excluding hydrogens is 278 g/mol. The standard InChI is InChI=1S/C17H15N3S/c1-14-19-15(13-21-14)12-18-20(16-8-4-2-5-9-16)17-10-6-3-7-11-17/h2-13H,1H3/b18-12-. The zero-order valence-electron chi connectivity index (χ0n) is 11.7. The van der Waals surface area contributed by atoms with Crippen molar-refractivity contribution in [1.29, 1.82) is 0 Å². The molecular formula is C17H15N3S. The normalized spacial score (nSPS) is 10.9. The van der Waals surface area contributed by atoms with Gasteiger partial charge in [0.2, 0.25) is 0 Å². The minimum absolute atomic E-state index is 0.884. The summed E-state index contributed by atoms with van der Waals surface area (Å²) in [6.45, 7) is 1.99. The smallest absolute Gasteiger partial charge is 0.0942 e. The second-order valence-corrected chi connectivity index (χ2v) is 5.58. The first-order chi connectivity index (χ1) is 10.3. The number of hydrazone groups is 1. The Hall–Kier alpha value is -2.46. The molecule has 4 heteroatoms. The third kappa shape index (κ3) is 3.35. The molecule has 0 radical (unpaired) electrons. The van der Waals surface area contributed by atoms with Gasteiger partial charge in [-0.05, 0) is 31.2 Å². The second kappa shape index (κ2) is 6.33. The maximum atomic E-state index is 4.60. The molecule has 0 bridgehead atoms. The molecule has 0 aliphatic rings. The van der Waals surface area contributed by atoms with Gasteiger partial charge in [0.25, 0.3) is 0 Å². The quantitative estimate of drug-likeness (QED) is 0.518. The Kier molecular flexibility index (Phi) is 4.07. The summed E-state index contributed by atoms with van der Waals surface area (Å²) in [5, 5.41) is 9.56. The van der Waals surface area contributed by atoms with E-state index in [1.54, 1.807) is 17.6 Å². The molecule has 0 atom stereocenters. The van der Waals surface area contributed by atoms with E-state index in [-0.39, 0.29) is 0 Å². The van der Waals surface area contributed by atoms with Crippen molar-refractivity contribution in [3.05, 3.63) is 76.7 Å². The molecule has 3 aromatic rings. The number of aromatic nitrogens is 1. The molecule has 21 heavy (non-hydrogen) atoms. The van der Waals surface area contributed by atoms with E-state index in [9.17, 15) is 0 Å². The SMILES string of the molecule is Cc1nc(/C=N\N(c2ccccc2)c2ccccc2)cs1. The molecule has 1 heterocycles. The van der Waals surface area contributed by atoms with Crippen LogP contribution in [0.25, 0.3) is 0 Å². The molecule has 0 fully saturated rings. The van der Waals surface area contributed by atoms with Crippen molar-refractivity contribution >= 4 is 28.9 Å². The van der Waals surface area contributed by atoms with Crippen molar-refractivity contribution in [3.63, 3.8) is 0 Å². The van der Waals surface area contributed by atoms with Crippen molar-refractivity contribution in [2.45, 2.75) is 6.92 Å². The van der Waals surface area contributed by atoms with Crippen LogP contribution in [-0.2, 0) is 0 Å². The fourth-order valence-electron chi connectivity index (χ4n) is 1.98. The van der Waals surface area contributed by atoms with Gasteiger partial charge in [0.1, 0.15) is 0 Å². The van der Waals surface area contributed by atoms with Gasteiger partial charge in [0, 0.05) is 5.38 Å². The number of hydrogen-bond acceptors (Lipinski definition) is 4. The van der Waals surface area contributed by atoms with E-state index in [1.807, 2.05) is 78.0 Å². The van der Waals surface area contributed by atoms with Gasteiger partial charge in [-0.2, -0.15) is 5.10 Å². The number of hydrogen-bond donors (Lipinski definition) is 0. The molecule has 0 N–H and O–H groups in total. The van der Waals surface area contributed by atoms with Crippen LogP contribution in [0.2, 0.25) is 0 Å². The molecule has 0 aliphatic heterocycles. The van der Waals surface area contributed by atoms with E-state index < -0.39 is 0 Å². The van der Waals surface area contributed by atoms with Crippen molar-refractivity contribution in [2.24, 2.45) is 5.10 Å². The molecule has 0 amide bonds. The molecule has 3 nitrogen and oxygen atoms in total. The summed E-state index contributed by atoms with van der Waals surface area (Å²) in [7, 11) is 0. The molecule has 0 spiro atoms. The number of anilines is 2. The predicted octanol–water partition coefficient (Wildman–Crippen LogP) is 4.62. The molecule has 104 valence electrons. The summed E-state index contributed by atoms with van der Waals surface area (Å²) in [6, 6.07) is 20.2. The molecule has 0 saturated carbocycles. The third-order valence-electron chi connectivity index (χ3n) is 2.94. The zero-order chi connectivity index (χ0) is 14.5. The van der Waals surface area contributed by atoms with Gasteiger partial charge in [-0.1, -0.05) is 36.4 Å². The van der Waals surface area contributed by atoms with E-state index in [0.717, 1.165) is 22.1 Å². The van der Waals surface area contributed by atoms with Crippen LogP contribution in [0.1, 0.15) is 10.7 Å². The van der Waals surface area contributed by atoms with E-state index >= 15 is 0 Å². The molecule has 3 rings (SSSR count). The molecule has 2 aromatic carbocycles. The number of aryl methyl sites for hydroxylation is 1. The fraction of sp³-hybridized carbons (Fsp3) is 0.0588. The molecule has 0 unspecified atom stereocenters. The van der Waals surface area contributed by atoms with Gasteiger partial charge >= 0.3 is 0 Å². The summed E-state index contributed by atoms with van der Waals surface area (Å²) < 4.78 is 0. The van der Waals surface area contributed by atoms with E-state index in [2.05, 4.69) is 10.1 Å². The summed E-state index contributed by atoms with van der Waals surface area (Å²) in [5.74, 6) is 0. The Labute approximate surface area is 128 Å². The maximum absolute atomic E-state index is 4.60. The van der Waals surface area contributed by atoms with Crippen molar-refractivity contribution in [3.8, 4) is 0 Å². The highest BCUT2D eigenvalue weighted by Gasteiger charge is 2.06. The minimum atomic E-state index is 0.884. The number of rotatable bonds is 4. The van der Waals surface area contributed by atoms with Crippen LogP contribution in [0, 0.1) is 6.92 Å². The largest absolute Gasteiger partial charge is 0.240 e. The predicted molar refractivity (Wildman–Crippen MR) is 89.5 cm³/mol. The lowest BCUT2D eigenvalue weighted by Gasteiger charge is -2.18. The highest BCUT2D eigenvalue weighted by molar-refractivity contribution is 7.09. The fourth-order valence-corrected chi connectivity index (χ4v) is 2.54. The van der Waals surface area contributed by atoms with Crippen LogP contribution in [0.3, 0.4) is 0 Å². The van der Waals surface area contributed by atoms with Crippen LogP contribution in [0.15, 0.2) is 71.1 Å². The first kappa shape index (κ1) is 13.5. The number of benzene rings is 2. The van der Waals surface area contributed by atoms with Gasteiger partial charge in [-0.15, -0.1) is 11.3 Å². The monoisotopic (exact) mass is 293 g/mol. The summed E-state index contributed by atoms with van der Waals surface area (Å²) >= 11 is 1.63. The molecule has 0 aliphatic carbocycles. The van der Waals surface area contributed by atoms with Crippen LogP contribution in [0.5, 0.6) is 0 Å². The summed E-state index contributed by atoms with van der Waals surface area (Å²) in [5.41, 5.74) is 2.92. The summed E-state index contributed by atoms with van der Waals surface area (Å²) in [6.07, 6.45) is 1.80. The van der Waals surface area contributed by atoms with Crippen LogP contribution >= 0.6 is 11.3 Å². The van der Waals surface area contributed by atoms with Gasteiger partial charge in [0.05, 0.1) is 28.3 Å². The van der Waals surface area contributed by atoms with E-state index in [1.165, 1.54) is 0 Å². The highest BCUT2D eigenvalue weighted by atomic mass is 32.1. The lowest BCUT2D eigenvalue weighted by atomic mass is 10.2. The van der Waals surface area contributed by atoms with E-state index in [4.69, 9.17) is 0 Å². The van der Waals surface area contributed by atoms with Crippen LogP contribution < -0.4 is 5.01 Å². The first-order valence-corrected chi connectivity index (χ1v) is 7.57. The number of thiazole rings is 1. The first-order valence-electron chi connectivity index (χ1n) is 6.69. The van der Waals surface area contributed by atoms with Gasteiger partial charge in [-0.25, -0.2) is 9.99 Å². The Balaban J connectivity index is 1.95. The summed E-state index contributed by atoms with van der Waals surface area (Å²) in [4.78, 5) is 4.41. The van der Waals surface area contributed by atoms with Crippen molar-refractivity contribution in [1.82, 2.24) is 4.98 Å². The lowest BCUT2D eigenvalue weighted by Crippen LogP contribution is -2.09. The topological polar surface area (TPSA) is 28.5 Å². The Morgan fingerprint density at radius 2 is 1.52 bits per heavy atom. The van der Waals surface area contributed by atoms with Crippen LogP contribution in [-0.4, -0.2) is 11.2 Å². The number of nitrogens with zero attached hydrogens (tertiary/aromatic N) is 3.